The number of oxazole rings is 1. The van der Waals surface area contributed by atoms with Crippen molar-refractivity contribution in [2.75, 3.05) is 0 Å². The van der Waals surface area contributed by atoms with Crippen molar-refractivity contribution in [2.24, 2.45) is 0 Å². The Labute approximate surface area is 178 Å². The monoisotopic (exact) mass is 414 g/mol. The number of para-hydroxylation sites is 2. The highest BCUT2D eigenvalue weighted by atomic mass is 19.1. The summed E-state index contributed by atoms with van der Waals surface area (Å²) in [5, 5.41) is 3.10. The van der Waals surface area contributed by atoms with E-state index < -0.39 is 0 Å². The van der Waals surface area contributed by atoms with Crippen molar-refractivity contribution in [3.8, 4) is 22.8 Å². The molecule has 0 radical (unpaired) electrons. The molecule has 0 saturated carbocycles. The van der Waals surface area contributed by atoms with Gasteiger partial charge in [0, 0.05) is 24.0 Å². The van der Waals surface area contributed by atoms with Crippen LogP contribution in [0.3, 0.4) is 0 Å². The molecule has 3 aromatic carbocycles. The van der Waals surface area contributed by atoms with E-state index in [1.165, 1.54) is 12.3 Å². The molecule has 154 valence electrons. The summed E-state index contributed by atoms with van der Waals surface area (Å²) < 4.78 is 25.6. The summed E-state index contributed by atoms with van der Waals surface area (Å²) in [6.07, 6.45) is 1.99. The predicted octanol–water partition coefficient (Wildman–Crippen LogP) is 5.42. The van der Waals surface area contributed by atoms with Gasteiger partial charge in [0.1, 0.15) is 17.3 Å². The van der Waals surface area contributed by atoms with Crippen LogP contribution in [0.2, 0.25) is 0 Å². The van der Waals surface area contributed by atoms with E-state index in [1.807, 2.05) is 48.5 Å². The van der Waals surface area contributed by atoms with Crippen molar-refractivity contribution in [1.29, 1.82) is 0 Å². The summed E-state index contributed by atoms with van der Waals surface area (Å²) in [6, 6.07) is 21.4. The Morgan fingerprint density at radius 1 is 0.935 bits per heavy atom. The normalized spacial score (nSPS) is 12.5. The van der Waals surface area contributed by atoms with Gasteiger partial charge in [-0.05, 0) is 24.3 Å². The van der Waals surface area contributed by atoms with Gasteiger partial charge in [0.25, 0.3) is 0 Å². The number of benzene rings is 3. The first-order chi connectivity index (χ1) is 15.2. The van der Waals surface area contributed by atoms with Gasteiger partial charge in [0.15, 0.2) is 11.7 Å². The molecule has 1 aliphatic rings. The average Bonchev–Trinajstić information content (AvgIpc) is 3.27. The van der Waals surface area contributed by atoms with Crippen LogP contribution in [0.1, 0.15) is 29.5 Å². The number of aryl methyl sites for hydroxylation is 1. The fourth-order valence-corrected chi connectivity index (χ4v) is 3.73. The Hall–Kier alpha value is -3.93. The number of hydrogen-bond donors (Lipinski definition) is 1. The summed E-state index contributed by atoms with van der Waals surface area (Å²) in [5.74, 6) is 1.69. The van der Waals surface area contributed by atoms with Gasteiger partial charge >= 0.3 is 0 Å². The lowest BCUT2D eigenvalue weighted by Crippen LogP contribution is -2.31. The second-order valence-corrected chi connectivity index (χ2v) is 7.28. The third-order valence-electron chi connectivity index (χ3n) is 5.24. The number of nitrogens with zero attached hydrogens (tertiary/aromatic N) is 1. The highest BCUT2D eigenvalue weighted by Crippen LogP contribution is 2.42. The van der Waals surface area contributed by atoms with Crippen molar-refractivity contribution in [3.63, 3.8) is 0 Å². The molecule has 5 rings (SSSR count). The number of rotatable bonds is 5. The second kappa shape index (κ2) is 8.07. The van der Waals surface area contributed by atoms with Crippen molar-refractivity contribution in [1.82, 2.24) is 10.3 Å². The molecule has 1 aromatic heterocycles. The van der Waals surface area contributed by atoms with Gasteiger partial charge in [0.2, 0.25) is 5.91 Å². The first-order valence-corrected chi connectivity index (χ1v) is 10.0. The van der Waals surface area contributed by atoms with E-state index in [-0.39, 0.29) is 24.2 Å². The quantitative estimate of drug-likeness (QED) is 0.473. The van der Waals surface area contributed by atoms with Gasteiger partial charge in [-0.15, -0.1) is 0 Å². The SMILES string of the molecule is O=C(CCc1ncc(-c2ccccc2F)o1)NC1c2ccccc2Oc2ccccc21. The van der Waals surface area contributed by atoms with Crippen molar-refractivity contribution < 1.29 is 18.3 Å². The molecule has 0 aliphatic carbocycles. The molecule has 0 bridgehead atoms. The van der Waals surface area contributed by atoms with Crippen molar-refractivity contribution in [2.45, 2.75) is 18.9 Å². The summed E-state index contributed by atoms with van der Waals surface area (Å²) in [4.78, 5) is 16.9. The molecule has 1 N–H and O–H groups in total. The first-order valence-electron chi connectivity index (χ1n) is 10.0. The fraction of sp³-hybridized carbons (Fsp3) is 0.120. The predicted molar refractivity (Wildman–Crippen MR) is 113 cm³/mol. The third kappa shape index (κ3) is 3.80. The van der Waals surface area contributed by atoms with Crippen LogP contribution in [0.25, 0.3) is 11.3 Å². The Morgan fingerprint density at radius 2 is 1.58 bits per heavy atom. The van der Waals surface area contributed by atoms with Gasteiger partial charge in [-0.3, -0.25) is 4.79 Å². The molecular weight excluding hydrogens is 395 g/mol. The van der Waals surface area contributed by atoms with E-state index in [1.54, 1.807) is 18.2 Å². The highest BCUT2D eigenvalue weighted by Gasteiger charge is 2.28. The summed E-state index contributed by atoms with van der Waals surface area (Å²) in [7, 11) is 0. The second-order valence-electron chi connectivity index (χ2n) is 7.28. The molecule has 2 heterocycles. The summed E-state index contributed by atoms with van der Waals surface area (Å²) in [6.45, 7) is 0. The average molecular weight is 414 g/mol. The van der Waals surface area contributed by atoms with E-state index in [2.05, 4.69) is 10.3 Å². The number of fused-ring (bicyclic) bond motifs is 2. The zero-order valence-corrected chi connectivity index (χ0v) is 16.5. The molecule has 0 unspecified atom stereocenters. The lowest BCUT2D eigenvalue weighted by Gasteiger charge is -2.28. The van der Waals surface area contributed by atoms with Crippen LogP contribution in [0, 0.1) is 5.82 Å². The van der Waals surface area contributed by atoms with Crippen LogP contribution in [0.4, 0.5) is 4.39 Å². The van der Waals surface area contributed by atoms with Gasteiger partial charge in [-0.25, -0.2) is 9.37 Å². The minimum Gasteiger partial charge on any atom is -0.457 e. The molecule has 0 atom stereocenters. The number of hydrogen-bond acceptors (Lipinski definition) is 4. The maximum atomic E-state index is 13.9. The summed E-state index contributed by atoms with van der Waals surface area (Å²) >= 11 is 0. The van der Waals surface area contributed by atoms with E-state index in [4.69, 9.17) is 9.15 Å². The van der Waals surface area contributed by atoms with Crippen LogP contribution >= 0.6 is 0 Å². The maximum absolute atomic E-state index is 13.9. The molecule has 6 heteroatoms. The lowest BCUT2D eigenvalue weighted by atomic mass is 9.94. The number of aromatic nitrogens is 1. The largest absolute Gasteiger partial charge is 0.457 e. The van der Waals surface area contributed by atoms with E-state index >= 15 is 0 Å². The zero-order chi connectivity index (χ0) is 21.2. The summed E-state index contributed by atoms with van der Waals surface area (Å²) in [5.41, 5.74) is 2.17. The topological polar surface area (TPSA) is 64.4 Å². The highest BCUT2D eigenvalue weighted by molar-refractivity contribution is 5.78. The Morgan fingerprint density at radius 3 is 2.29 bits per heavy atom. The maximum Gasteiger partial charge on any atom is 0.221 e. The molecular formula is C25H19FN2O3. The molecule has 4 aromatic rings. The number of nitrogens with one attached hydrogen (secondary N) is 1. The molecule has 0 saturated heterocycles. The molecule has 31 heavy (non-hydrogen) atoms. The van der Waals surface area contributed by atoms with Gasteiger partial charge in [-0.1, -0.05) is 48.5 Å². The zero-order valence-electron chi connectivity index (χ0n) is 16.5. The van der Waals surface area contributed by atoms with E-state index in [9.17, 15) is 9.18 Å². The Kier molecular flexibility index (Phi) is 4.96. The number of halogens is 1. The van der Waals surface area contributed by atoms with E-state index in [0.717, 1.165) is 22.6 Å². The minimum atomic E-state index is -0.375. The van der Waals surface area contributed by atoms with Crippen molar-refractivity contribution in [3.05, 3.63) is 102 Å². The number of amides is 1. The first kappa shape index (κ1) is 19.1. The smallest absolute Gasteiger partial charge is 0.221 e. The van der Waals surface area contributed by atoms with Crippen LogP contribution in [-0.2, 0) is 11.2 Å². The fourth-order valence-electron chi connectivity index (χ4n) is 3.73. The molecule has 1 aliphatic heterocycles. The number of ether oxygens (including phenoxy) is 1. The molecule has 1 amide bonds. The molecule has 5 nitrogen and oxygen atoms in total. The van der Waals surface area contributed by atoms with Crippen LogP contribution < -0.4 is 10.1 Å². The molecule has 0 spiro atoms. The Bertz CT molecular complexity index is 1210. The minimum absolute atomic E-state index is 0.137. The number of carbonyl (C=O) groups is 1. The van der Waals surface area contributed by atoms with Crippen LogP contribution in [0.15, 0.2) is 83.4 Å². The van der Waals surface area contributed by atoms with Gasteiger partial charge in [0.05, 0.1) is 17.8 Å². The molecule has 0 fully saturated rings. The van der Waals surface area contributed by atoms with Crippen LogP contribution in [0.5, 0.6) is 11.5 Å². The standard InChI is InChI=1S/C25H19FN2O3/c26-19-10-4-1-7-16(19)22-15-27-24(31-22)14-13-23(29)28-25-17-8-2-5-11-20(17)30-21-12-6-3-9-18(21)25/h1-12,15,25H,13-14H2,(H,28,29). The van der Waals surface area contributed by atoms with E-state index in [0.29, 0.717) is 23.6 Å². The van der Waals surface area contributed by atoms with Gasteiger partial charge in [-0.2, -0.15) is 0 Å². The lowest BCUT2D eigenvalue weighted by molar-refractivity contribution is -0.121. The van der Waals surface area contributed by atoms with Gasteiger partial charge < -0.3 is 14.5 Å². The van der Waals surface area contributed by atoms with Crippen molar-refractivity contribution >= 4 is 5.91 Å². The third-order valence-corrected chi connectivity index (χ3v) is 5.24. The number of carbonyl (C=O) groups excluding carboxylic acids is 1. The van der Waals surface area contributed by atoms with Crippen LogP contribution in [-0.4, -0.2) is 10.9 Å². The Balaban J connectivity index is 1.29.